The average Bonchev–Trinajstić information content (AvgIpc) is 2.28. The van der Waals surface area contributed by atoms with E-state index in [1.165, 1.54) is 12.2 Å². The van der Waals surface area contributed by atoms with Crippen LogP contribution in [0.3, 0.4) is 0 Å². The van der Waals surface area contributed by atoms with Crippen LogP contribution in [0.1, 0.15) is 13.3 Å². The first-order chi connectivity index (χ1) is 5.15. The van der Waals surface area contributed by atoms with Crippen LogP contribution in [0.4, 0.5) is 0 Å². The van der Waals surface area contributed by atoms with Gasteiger partial charge in [0, 0.05) is 13.5 Å². The van der Waals surface area contributed by atoms with Crippen molar-refractivity contribution in [3.05, 3.63) is 0 Å². The van der Waals surface area contributed by atoms with Crippen molar-refractivity contribution >= 4 is 5.97 Å². The number of carbonyl (C=O) groups excluding carboxylic acids is 1. The highest BCUT2D eigenvalue weighted by Gasteiger charge is 2.35. The number of hydrogen-bond acceptors (Lipinski definition) is 4. The Bertz CT molecular complexity index is 160. The van der Waals surface area contributed by atoms with E-state index in [2.05, 4.69) is 0 Å². The number of carbonyl (C=O) groups is 1. The van der Waals surface area contributed by atoms with Crippen LogP contribution in [0.5, 0.6) is 0 Å². The van der Waals surface area contributed by atoms with Crippen molar-refractivity contribution in [2.75, 3.05) is 14.2 Å². The largest absolute Gasteiger partial charge is 0.461 e. The van der Waals surface area contributed by atoms with Crippen LogP contribution in [0.2, 0.25) is 0 Å². The fourth-order valence-electron chi connectivity index (χ4n) is 1.16. The average molecular weight is 159 g/mol. The molecule has 1 rings (SSSR count). The van der Waals surface area contributed by atoms with Gasteiger partial charge in [-0.15, -0.1) is 0 Å². The molecule has 4 nitrogen and oxygen atoms in total. The number of rotatable bonds is 2. The second-order valence-electron chi connectivity index (χ2n) is 2.73. The van der Waals surface area contributed by atoms with E-state index in [1.807, 2.05) is 6.92 Å². The van der Waals surface area contributed by atoms with Gasteiger partial charge in [-0.05, 0) is 6.92 Å². The minimum absolute atomic E-state index is 0.0186. The lowest BCUT2D eigenvalue weighted by atomic mass is 10.2. The molecule has 1 aliphatic rings. The Kier molecular flexibility index (Phi) is 2.46. The molecule has 1 aliphatic heterocycles. The lowest BCUT2D eigenvalue weighted by Gasteiger charge is -2.17. The Hall–Kier alpha value is -0.610. The molecule has 0 radical (unpaired) electrons. The highest BCUT2D eigenvalue weighted by molar-refractivity contribution is 5.77. The number of esters is 1. The highest BCUT2D eigenvalue weighted by Crippen LogP contribution is 2.18. The van der Waals surface area contributed by atoms with Gasteiger partial charge in [0.15, 0.2) is 0 Å². The van der Waals surface area contributed by atoms with E-state index in [4.69, 9.17) is 9.57 Å². The van der Waals surface area contributed by atoms with Crippen LogP contribution in [0.15, 0.2) is 0 Å². The molecule has 64 valence electrons. The van der Waals surface area contributed by atoms with E-state index in [9.17, 15) is 4.79 Å². The molecule has 2 atom stereocenters. The van der Waals surface area contributed by atoms with Crippen LogP contribution in [-0.4, -0.2) is 37.3 Å². The summed E-state index contributed by atoms with van der Waals surface area (Å²) in [7, 11) is 3.26. The molecule has 0 amide bonds. The Morgan fingerprint density at radius 3 is 2.73 bits per heavy atom. The van der Waals surface area contributed by atoms with Gasteiger partial charge in [0.25, 0.3) is 0 Å². The van der Waals surface area contributed by atoms with E-state index < -0.39 is 0 Å². The monoisotopic (exact) mass is 159 g/mol. The molecule has 0 bridgehead atoms. The van der Waals surface area contributed by atoms with Crippen molar-refractivity contribution in [1.29, 1.82) is 0 Å². The minimum Gasteiger partial charge on any atom is -0.461 e. The lowest BCUT2D eigenvalue weighted by Crippen LogP contribution is -2.34. The van der Waals surface area contributed by atoms with Crippen molar-refractivity contribution in [3.63, 3.8) is 0 Å². The van der Waals surface area contributed by atoms with E-state index in [0.717, 1.165) is 0 Å². The zero-order valence-corrected chi connectivity index (χ0v) is 7.03. The molecule has 0 saturated carbocycles. The third kappa shape index (κ3) is 1.70. The summed E-state index contributed by atoms with van der Waals surface area (Å²) < 4.78 is 4.94. The second-order valence-corrected chi connectivity index (χ2v) is 2.73. The van der Waals surface area contributed by atoms with Crippen molar-refractivity contribution in [1.82, 2.24) is 5.06 Å². The maximum absolute atomic E-state index is 11.0. The molecule has 1 saturated heterocycles. The predicted molar refractivity (Wildman–Crippen MR) is 38.7 cm³/mol. The predicted octanol–water partition coefficient (Wildman–Crippen LogP) is 0.184. The SMILES string of the molecule is CON(C)C1CC(C)OC1=O. The molecule has 1 heterocycles. The van der Waals surface area contributed by atoms with Crippen LogP contribution in [0.25, 0.3) is 0 Å². The first-order valence-corrected chi connectivity index (χ1v) is 3.62. The lowest BCUT2D eigenvalue weighted by molar-refractivity contribution is -0.167. The molecular formula is C7H13NO3. The van der Waals surface area contributed by atoms with Crippen molar-refractivity contribution < 1.29 is 14.4 Å². The van der Waals surface area contributed by atoms with Crippen LogP contribution >= 0.6 is 0 Å². The van der Waals surface area contributed by atoms with Gasteiger partial charge in [-0.2, -0.15) is 5.06 Å². The third-order valence-electron chi connectivity index (χ3n) is 1.87. The van der Waals surface area contributed by atoms with Gasteiger partial charge in [-0.3, -0.25) is 4.79 Å². The number of nitrogens with zero attached hydrogens (tertiary/aromatic N) is 1. The summed E-state index contributed by atoms with van der Waals surface area (Å²) in [6.45, 7) is 1.88. The zero-order valence-electron chi connectivity index (χ0n) is 7.03. The van der Waals surface area contributed by atoms with E-state index in [0.29, 0.717) is 6.42 Å². The second kappa shape index (κ2) is 3.19. The van der Waals surface area contributed by atoms with Gasteiger partial charge < -0.3 is 9.57 Å². The summed E-state index contributed by atoms with van der Waals surface area (Å²) in [5.74, 6) is -0.193. The quantitative estimate of drug-likeness (QED) is 0.425. The van der Waals surface area contributed by atoms with Crippen molar-refractivity contribution in [2.24, 2.45) is 0 Å². The fraction of sp³-hybridized carbons (Fsp3) is 0.857. The number of ether oxygens (including phenoxy) is 1. The van der Waals surface area contributed by atoms with Gasteiger partial charge in [0.2, 0.25) is 0 Å². The Morgan fingerprint density at radius 2 is 2.36 bits per heavy atom. The van der Waals surface area contributed by atoms with Gasteiger partial charge in [-0.25, -0.2) is 0 Å². The van der Waals surface area contributed by atoms with E-state index >= 15 is 0 Å². The molecular weight excluding hydrogens is 146 g/mol. The zero-order chi connectivity index (χ0) is 8.43. The molecule has 1 fully saturated rings. The Labute approximate surface area is 66.0 Å². The third-order valence-corrected chi connectivity index (χ3v) is 1.87. The molecule has 0 aromatic carbocycles. The summed E-state index contributed by atoms with van der Waals surface area (Å²) in [6.07, 6.45) is 0.730. The van der Waals surface area contributed by atoms with Gasteiger partial charge in [0.1, 0.15) is 12.1 Å². The van der Waals surface area contributed by atoms with Gasteiger partial charge in [-0.1, -0.05) is 0 Å². The molecule has 0 N–H and O–H groups in total. The normalized spacial score (nSPS) is 31.1. The number of hydroxylamine groups is 2. The fourth-order valence-corrected chi connectivity index (χ4v) is 1.16. The minimum atomic E-state index is -0.227. The molecule has 4 heteroatoms. The molecule has 11 heavy (non-hydrogen) atoms. The van der Waals surface area contributed by atoms with Gasteiger partial charge >= 0.3 is 5.97 Å². The summed E-state index contributed by atoms with van der Waals surface area (Å²) in [6, 6.07) is -0.227. The Morgan fingerprint density at radius 1 is 1.73 bits per heavy atom. The summed E-state index contributed by atoms with van der Waals surface area (Å²) in [5, 5.41) is 1.52. The summed E-state index contributed by atoms with van der Waals surface area (Å²) >= 11 is 0. The topological polar surface area (TPSA) is 38.8 Å². The molecule has 0 aromatic heterocycles. The van der Waals surface area contributed by atoms with E-state index in [-0.39, 0.29) is 18.1 Å². The van der Waals surface area contributed by atoms with Crippen LogP contribution in [0, 0.1) is 0 Å². The number of likely N-dealkylation sites (N-methyl/N-ethyl adjacent to an activating group) is 1. The first-order valence-electron chi connectivity index (χ1n) is 3.62. The maximum atomic E-state index is 11.0. The van der Waals surface area contributed by atoms with Gasteiger partial charge in [0.05, 0.1) is 7.11 Å². The smallest absolute Gasteiger partial charge is 0.326 e. The first kappa shape index (κ1) is 8.49. The maximum Gasteiger partial charge on any atom is 0.326 e. The molecule has 2 unspecified atom stereocenters. The highest BCUT2D eigenvalue weighted by atomic mass is 16.7. The van der Waals surface area contributed by atoms with Crippen molar-refractivity contribution in [2.45, 2.75) is 25.5 Å². The van der Waals surface area contributed by atoms with Crippen molar-refractivity contribution in [3.8, 4) is 0 Å². The number of hydrogen-bond donors (Lipinski definition) is 0. The van der Waals surface area contributed by atoms with E-state index in [1.54, 1.807) is 7.05 Å². The standard InChI is InChI=1S/C7H13NO3/c1-5-4-6(7(9)11-5)8(2)10-3/h5-6H,4H2,1-3H3. The van der Waals surface area contributed by atoms with Crippen LogP contribution < -0.4 is 0 Å². The summed E-state index contributed by atoms with van der Waals surface area (Å²) in [5.41, 5.74) is 0. The Balaban J connectivity index is 2.52. The molecule has 0 spiro atoms. The number of cyclic esters (lactones) is 1. The molecule has 0 aliphatic carbocycles. The van der Waals surface area contributed by atoms with Crippen LogP contribution in [-0.2, 0) is 14.4 Å². The summed E-state index contributed by atoms with van der Waals surface area (Å²) in [4.78, 5) is 15.9. The molecule has 0 aromatic rings.